The van der Waals surface area contributed by atoms with Gasteiger partial charge < -0.3 is 20.0 Å². The molecule has 1 amide bonds. The summed E-state index contributed by atoms with van der Waals surface area (Å²) in [6.07, 6.45) is 1.60. The van der Waals surface area contributed by atoms with Crippen LogP contribution in [0.5, 0.6) is 0 Å². The van der Waals surface area contributed by atoms with Gasteiger partial charge >= 0.3 is 0 Å². The van der Waals surface area contributed by atoms with Crippen molar-refractivity contribution in [2.24, 2.45) is 0 Å². The molecule has 1 aromatic rings. The van der Waals surface area contributed by atoms with Gasteiger partial charge in [-0.2, -0.15) is 0 Å². The first-order valence-electron chi connectivity index (χ1n) is 5.78. The Bertz CT molecular complexity index is 323. The highest BCUT2D eigenvalue weighted by atomic mass is 16.3. The lowest BCUT2D eigenvalue weighted by Gasteiger charge is -2.15. The van der Waals surface area contributed by atoms with Crippen LogP contribution in [0.2, 0.25) is 0 Å². The number of carbonyl (C=O) groups is 1. The van der Waals surface area contributed by atoms with E-state index in [0.717, 1.165) is 18.8 Å². The Kier molecular flexibility index (Phi) is 5.72. The summed E-state index contributed by atoms with van der Waals surface area (Å²) in [4.78, 5) is 13.8. The second kappa shape index (κ2) is 7.09. The molecule has 0 aliphatic rings. The number of carbonyl (C=O) groups excluding carboxylic acids is 1. The highest BCUT2D eigenvalue weighted by Gasteiger charge is 2.11. The molecular formula is C12H21N3O2. The van der Waals surface area contributed by atoms with Gasteiger partial charge in [0.2, 0.25) is 5.91 Å². The van der Waals surface area contributed by atoms with Crippen molar-refractivity contribution in [3.8, 4) is 0 Å². The predicted molar refractivity (Wildman–Crippen MR) is 66.6 cm³/mol. The third kappa shape index (κ3) is 5.51. The molecule has 0 aromatic carbocycles. The summed E-state index contributed by atoms with van der Waals surface area (Å²) in [5, 5.41) is 5.97. The summed E-state index contributed by atoms with van der Waals surface area (Å²) in [7, 11) is 4.01. The van der Waals surface area contributed by atoms with Gasteiger partial charge in [0.15, 0.2) is 0 Å². The van der Waals surface area contributed by atoms with Crippen LogP contribution in [0, 0.1) is 0 Å². The highest BCUT2D eigenvalue weighted by molar-refractivity contribution is 5.81. The van der Waals surface area contributed by atoms with Crippen LogP contribution in [0.15, 0.2) is 22.8 Å². The van der Waals surface area contributed by atoms with Crippen molar-refractivity contribution in [2.75, 3.05) is 27.2 Å². The van der Waals surface area contributed by atoms with Crippen LogP contribution in [0.3, 0.4) is 0 Å². The third-order valence-corrected chi connectivity index (χ3v) is 2.42. The number of hydrogen-bond donors (Lipinski definition) is 2. The van der Waals surface area contributed by atoms with Crippen molar-refractivity contribution < 1.29 is 9.21 Å². The summed E-state index contributed by atoms with van der Waals surface area (Å²) >= 11 is 0. The van der Waals surface area contributed by atoms with E-state index in [2.05, 4.69) is 15.5 Å². The van der Waals surface area contributed by atoms with E-state index in [1.807, 2.05) is 27.1 Å². The SMILES string of the molecule is C[C@@H](NCCN(C)C)C(=O)NCc1ccco1. The first kappa shape index (κ1) is 13.7. The molecule has 1 aromatic heterocycles. The zero-order valence-corrected chi connectivity index (χ0v) is 10.7. The van der Waals surface area contributed by atoms with E-state index in [-0.39, 0.29) is 11.9 Å². The molecule has 5 nitrogen and oxygen atoms in total. The second-order valence-electron chi connectivity index (χ2n) is 4.28. The smallest absolute Gasteiger partial charge is 0.237 e. The van der Waals surface area contributed by atoms with Crippen molar-refractivity contribution in [3.05, 3.63) is 24.2 Å². The maximum absolute atomic E-state index is 11.7. The van der Waals surface area contributed by atoms with E-state index in [1.165, 1.54) is 0 Å². The zero-order chi connectivity index (χ0) is 12.7. The molecule has 0 saturated heterocycles. The van der Waals surface area contributed by atoms with E-state index >= 15 is 0 Å². The topological polar surface area (TPSA) is 57.5 Å². The predicted octanol–water partition coefficient (Wildman–Crippen LogP) is 0.436. The van der Waals surface area contributed by atoms with Gasteiger partial charge in [0.1, 0.15) is 5.76 Å². The molecule has 0 spiro atoms. The number of nitrogens with one attached hydrogen (secondary N) is 2. The molecule has 96 valence electrons. The lowest BCUT2D eigenvalue weighted by molar-refractivity contribution is -0.123. The molecule has 0 aliphatic heterocycles. The molecule has 5 heteroatoms. The first-order valence-corrected chi connectivity index (χ1v) is 5.78. The molecule has 17 heavy (non-hydrogen) atoms. The molecule has 1 atom stereocenters. The van der Waals surface area contributed by atoms with Crippen molar-refractivity contribution in [1.82, 2.24) is 15.5 Å². The standard InChI is InChI=1S/C12H21N3O2/c1-10(13-6-7-15(2)3)12(16)14-9-11-5-4-8-17-11/h4-5,8,10,13H,6-7,9H2,1-3H3,(H,14,16)/t10-/m1/s1. The number of likely N-dealkylation sites (N-methyl/N-ethyl adjacent to an activating group) is 1. The average Bonchev–Trinajstić information content (AvgIpc) is 2.78. The Morgan fingerprint density at radius 2 is 2.29 bits per heavy atom. The molecule has 1 rings (SSSR count). The normalized spacial score (nSPS) is 12.7. The Morgan fingerprint density at radius 1 is 1.53 bits per heavy atom. The number of amides is 1. The molecule has 2 N–H and O–H groups in total. The Balaban J connectivity index is 2.18. The van der Waals surface area contributed by atoms with E-state index < -0.39 is 0 Å². The quantitative estimate of drug-likeness (QED) is 0.725. The van der Waals surface area contributed by atoms with Crippen LogP contribution in [0.4, 0.5) is 0 Å². The van der Waals surface area contributed by atoms with E-state index in [9.17, 15) is 4.79 Å². The van der Waals surface area contributed by atoms with Gasteiger partial charge in [-0.1, -0.05) is 0 Å². The zero-order valence-electron chi connectivity index (χ0n) is 10.7. The Morgan fingerprint density at radius 3 is 2.88 bits per heavy atom. The molecular weight excluding hydrogens is 218 g/mol. The summed E-state index contributed by atoms with van der Waals surface area (Å²) in [6, 6.07) is 3.45. The van der Waals surface area contributed by atoms with Gasteiger partial charge in [-0.3, -0.25) is 4.79 Å². The van der Waals surface area contributed by atoms with Gasteiger partial charge in [0, 0.05) is 13.1 Å². The molecule has 0 bridgehead atoms. The Labute approximate surface area is 102 Å². The van der Waals surface area contributed by atoms with Crippen LogP contribution in [-0.4, -0.2) is 44.0 Å². The summed E-state index contributed by atoms with van der Waals surface area (Å²) in [6.45, 7) is 4.00. The number of rotatable bonds is 7. The molecule has 0 saturated carbocycles. The molecule has 0 unspecified atom stereocenters. The molecule has 1 heterocycles. The average molecular weight is 239 g/mol. The van der Waals surface area contributed by atoms with E-state index in [4.69, 9.17) is 4.42 Å². The lowest BCUT2D eigenvalue weighted by Crippen LogP contribution is -2.43. The fourth-order valence-electron chi connectivity index (χ4n) is 1.34. The van der Waals surface area contributed by atoms with Gasteiger partial charge in [-0.25, -0.2) is 0 Å². The van der Waals surface area contributed by atoms with Gasteiger partial charge in [-0.05, 0) is 33.2 Å². The minimum atomic E-state index is -0.190. The highest BCUT2D eigenvalue weighted by Crippen LogP contribution is 1.98. The Hall–Kier alpha value is -1.33. The van der Waals surface area contributed by atoms with Gasteiger partial charge in [-0.15, -0.1) is 0 Å². The fourth-order valence-corrected chi connectivity index (χ4v) is 1.34. The molecule has 0 aliphatic carbocycles. The number of hydrogen-bond acceptors (Lipinski definition) is 4. The van der Waals surface area contributed by atoms with Crippen LogP contribution in [-0.2, 0) is 11.3 Å². The van der Waals surface area contributed by atoms with Gasteiger partial charge in [0.05, 0.1) is 18.8 Å². The van der Waals surface area contributed by atoms with E-state index in [1.54, 1.807) is 12.3 Å². The second-order valence-corrected chi connectivity index (χ2v) is 4.28. The van der Waals surface area contributed by atoms with Crippen molar-refractivity contribution >= 4 is 5.91 Å². The minimum absolute atomic E-state index is 0.0137. The summed E-state index contributed by atoms with van der Waals surface area (Å²) in [5.74, 6) is 0.749. The van der Waals surface area contributed by atoms with E-state index in [0.29, 0.717) is 6.54 Å². The summed E-state index contributed by atoms with van der Waals surface area (Å²) < 4.78 is 5.13. The number of furan rings is 1. The van der Waals surface area contributed by atoms with Crippen molar-refractivity contribution in [3.63, 3.8) is 0 Å². The third-order valence-electron chi connectivity index (χ3n) is 2.42. The monoisotopic (exact) mass is 239 g/mol. The van der Waals surface area contributed by atoms with Crippen LogP contribution < -0.4 is 10.6 Å². The molecule has 0 radical (unpaired) electrons. The summed E-state index contributed by atoms with van der Waals surface area (Å²) in [5.41, 5.74) is 0. The maximum Gasteiger partial charge on any atom is 0.237 e. The number of nitrogens with zero attached hydrogens (tertiary/aromatic N) is 1. The van der Waals surface area contributed by atoms with Crippen molar-refractivity contribution in [1.29, 1.82) is 0 Å². The lowest BCUT2D eigenvalue weighted by atomic mass is 10.3. The van der Waals surface area contributed by atoms with Crippen LogP contribution in [0.1, 0.15) is 12.7 Å². The van der Waals surface area contributed by atoms with Crippen LogP contribution in [0.25, 0.3) is 0 Å². The first-order chi connectivity index (χ1) is 8.09. The van der Waals surface area contributed by atoms with Gasteiger partial charge in [0.25, 0.3) is 0 Å². The van der Waals surface area contributed by atoms with Crippen LogP contribution >= 0.6 is 0 Å². The molecule has 0 fully saturated rings. The largest absolute Gasteiger partial charge is 0.467 e. The fraction of sp³-hybridized carbons (Fsp3) is 0.583. The van der Waals surface area contributed by atoms with Crippen molar-refractivity contribution in [2.45, 2.75) is 19.5 Å². The maximum atomic E-state index is 11.7. The minimum Gasteiger partial charge on any atom is -0.467 e.